The molecular weight excluding hydrogens is 268 g/mol. The molecule has 92 valence electrons. The fourth-order valence-corrected chi connectivity index (χ4v) is 2.55. The first-order chi connectivity index (χ1) is 8.65. The molecule has 2 aromatic rings. The van der Waals surface area contributed by atoms with E-state index in [1.807, 2.05) is 17.5 Å². The summed E-state index contributed by atoms with van der Waals surface area (Å²) in [5.41, 5.74) is 0.373. The molecule has 0 saturated carbocycles. The summed E-state index contributed by atoms with van der Waals surface area (Å²) < 4.78 is 0. The topological polar surface area (TPSA) is 59.1 Å². The molecule has 18 heavy (non-hydrogen) atoms. The van der Waals surface area contributed by atoms with Crippen molar-refractivity contribution < 1.29 is 9.59 Å². The third-order valence-electron chi connectivity index (χ3n) is 2.04. The minimum absolute atomic E-state index is 0.110. The molecule has 2 aromatic heterocycles. The number of amides is 1. The number of aromatic nitrogens is 1. The highest BCUT2D eigenvalue weighted by molar-refractivity contribution is 7.14. The summed E-state index contributed by atoms with van der Waals surface area (Å²) in [6.07, 6.45) is 3.18. The van der Waals surface area contributed by atoms with E-state index in [9.17, 15) is 9.59 Å². The Labute approximate surface area is 112 Å². The lowest BCUT2D eigenvalue weighted by Crippen LogP contribution is -2.07. The molecule has 4 nitrogen and oxygen atoms in total. The van der Waals surface area contributed by atoms with Crippen LogP contribution in [0.15, 0.2) is 29.0 Å². The standard InChI is InChI=1S/C12H10N2O2S2/c1-8(15)10-7-18-12(13-10)14-11(16)5-4-9-3-2-6-17-9/h2-7H,1H3,(H,13,14,16). The maximum Gasteiger partial charge on any atom is 0.250 e. The van der Waals surface area contributed by atoms with E-state index in [-0.39, 0.29) is 11.7 Å². The zero-order chi connectivity index (χ0) is 13.0. The molecule has 0 aromatic carbocycles. The lowest BCUT2D eigenvalue weighted by atomic mass is 10.4. The van der Waals surface area contributed by atoms with E-state index in [1.165, 1.54) is 24.3 Å². The van der Waals surface area contributed by atoms with Gasteiger partial charge in [-0.3, -0.25) is 14.9 Å². The average molecular weight is 278 g/mol. The van der Waals surface area contributed by atoms with Crippen LogP contribution in [-0.2, 0) is 4.79 Å². The van der Waals surface area contributed by atoms with Crippen LogP contribution in [0.3, 0.4) is 0 Å². The van der Waals surface area contributed by atoms with Crippen molar-refractivity contribution in [2.45, 2.75) is 6.92 Å². The number of anilines is 1. The number of ketones is 1. The molecule has 0 radical (unpaired) electrons. The van der Waals surface area contributed by atoms with Crippen LogP contribution in [0.1, 0.15) is 22.3 Å². The molecule has 6 heteroatoms. The Morgan fingerprint density at radius 2 is 2.22 bits per heavy atom. The summed E-state index contributed by atoms with van der Waals surface area (Å²) in [5.74, 6) is -0.367. The maximum absolute atomic E-state index is 11.6. The van der Waals surface area contributed by atoms with E-state index in [4.69, 9.17) is 0 Å². The predicted octanol–water partition coefficient (Wildman–Crippen LogP) is 3.06. The van der Waals surface area contributed by atoms with Crippen molar-refractivity contribution in [1.82, 2.24) is 4.98 Å². The summed E-state index contributed by atoms with van der Waals surface area (Å²) in [7, 11) is 0. The predicted molar refractivity (Wildman–Crippen MR) is 74.1 cm³/mol. The van der Waals surface area contributed by atoms with Gasteiger partial charge in [0, 0.05) is 23.3 Å². The SMILES string of the molecule is CC(=O)c1csc(NC(=O)C=Cc2cccs2)n1. The third-order valence-corrected chi connectivity index (χ3v) is 3.63. The average Bonchev–Trinajstić information content (AvgIpc) is 2.96. The van der Waals surface area contributed by atoms with Gasteiger partial charge in [0.05, 0.1) is 0 Å². The fourth-order valence-electron chi connectivity index (χ4n) is 1.18. The Balaban J connectivity index is 1.96. The zero-order valence-corrected chi connectivity index (χ0v) is 11.2. The van der Waals surface area contributed by atoms with Crippen molar-refractivity contribution in [1.29, 1.82) is 0 Å². The van der Waals surface area contributed by atoms with Crippen LogP contribution in [0.2, 0.25) is 0 Å². The zero-order valence-electron chi connectivity index (χ0n) is 9.54. The molecule has 0 atom stereocenters. The van der Waals surface area contributed by atoms with Gasteiger partial charge in [-0.1, -0.05) is 6.07 Å². The normalized spacial score (nSPS) is 10.7. The van der Waals surface area contributed by atoms with Crippen molar-refractivity contribution in [2.24, 2.45) is 0 Å². The van der Waals surface area contributed by atoms with Gasteiger partial charge in [-0.05, 0) is 17.5 Å². The van der Waals surface area contributed by atoms with Crippen LogP contribution in [0.25, 0.3) is 6.08 Å². The van der Waals surface area contributed by atoms with Crippen molar-refractivity contribution in [3.8, 4) is 0 Å². The quantitative estimate of drug-likeness (QED) is 0.690. The number of hydrogen-bond acceptors (Lipinski definition) is 5. The van der Waals surface area contributed by atoms with E-state index >= 15 is 0 Å². The van der Waals surface area contributed by atoms with Crippen molar-refractivity contribution in [3.05, 3.63) is 39.5 Å². The first-order valence-electron chi connectivity index (χ1n) is 5.14. The summed E-state index contributed by atoms with van der Waals surface area (Å²) in [4.78, 5) is 27.6. The van der Waals surface area contributed by atoms with Crippen LogP contribution >= 0.6 is 22.7 Å². The molecule has 2 rings (SSSR count). The van der Waals surface area contributed by atoms with Gasteiger partial charge >= 0.3 is 0 Å². The number of nitrogens with zero attached hydrogens (tertiary/aromatic N) is 1. The Bertz CT molecular complexity index is 585. The van der Waals surface area contributed by atoms with Crippen LogP contribution in [0, 0.1) is 0 Å². The minimum Gasteiger partial charge on any atom is -0.298 e. The van der Waals surface area contributed by atoms with E-state index < -0.39 is 0 Å². The second-order valence-electron chi connectivity index (χ2n) is 3.43. The highest BCUT2D eigenvalue weighted by Crippen LogP contribution is 2.16. The molecule has 0 aliphatic carbocycles. The third kappa shape index (κ3) is 3.35. The van der Waals surface area contributed by atoms with Crippen molar-refractivity contribution in [2.75, 3.05) is 5.32 Å². The number of rotatable bonds is 4. The Morgan fingerprint density at radius 1 is 1.39 bits per heavy atom. The number of thiazole rings is 1. The fraction of sp³-hybridized carbons (Fsp3) is 0.0833. The van der Waals surface area contributed by atoms with E-state index in [0.29, 0.717) is 10.8 Å². The molecule has 1 N–H and O–H groups in total. The van der Waals surface area contributed by atoms with Gasteiger partial charge in [-0.15, -0.1) is 22.7 Å². The van der Waals surface area contributed by atoms with Gasteiger partial charge in [-0.2, -0.15) is 0 Å². The van der Waals surface area contributed by atoms with Crippen LogP contribution in [-0.4, -0.2) is 16.7 Å². The highest BCUT2D eigenvalue weighted by atomic mass is 32.1. The molecule has 0 saturated heterocycles. The first kappa shape index (κ1) is 12.7. The monoisotopic (exact) mass is 278 g/mol. The molecule has 0 aliphatic heterocycles. The summed E-state index contributed by atoms with van der Waals surface area (Å²) in [6.45, 7) is 1.44. The van der Waals surface area contributed by atoms with Crippen molar-refractivity contribution in [3.63, 3.8) is 0 Å². The minimum atomic E-state index is -0.257. The van der Waals surface area contributed by atoms with Crippen LogP contribution in [0.4, 0.5) is 5.13 Å². The van der Waals surface area contributed by atoms with Crippen molar-refractivity contribution >= 4 is 45.6 Å². The largest absolute Gasteiger partial charge is 0.298 e. The lowest BCUT2D eigenvalue weighted by Gasteiger charge is -1.94. The van der Waals surface area contributed by atoms with Gasteiger partial charge in [0.25, 0.3) is 0 Å². The van der Waals surface area contributed by atoms with E-state index in [0.717, 1.165) is 4.88 Å². The van der Waals surface area contributed by atoms with Gasteiger partial charge in [0.2, 0.25) is 5.91 Å². The van der Waals surface area contributed by atoms with Gasteiger partial charge < -0.3 is 0 Å². The summed E-state index contributed by atoms with van der Waals surface area (Å²) in [5, 5.41) is 6.61. The van der Waals surface area contributed by atoms with E-state index in [2.05, 4.69) is 10.3 Å². The molecule has 0 unspecified atom stereocenters. The Morgan fingerprint density at radius 3 is 2.83 bits per heavy atom. The van der Waals surface area contributed by atoms with Crippen LogP contribution in [0.5, 0.6) is 0 Å². The number of Topliss-reactive ketones (excluding diaryl/α,β-unsaturated/α-hetero) is 1. The smallest absolute Gasteiger partial charge is 0.250 e. The summed E-state index contributed by atoms with van der Waals surface area (Å²) in [6, 6.07) is 3.84. The highest BCUT2D eigenvalue weighted by Gasteiger charge is 2.07. The second kappa shape index (κ2) is 5.70. The van der Waals surface area contributed by atoms with E-state index in [1.54, 1.807) is 22.8 Å². The molecule has 1 amide bonds. The summed E-state index contributed by atoms with van der Waals surface area (Å²) >= 11 is 2.79. The molecule has 0 fully saturated rings. The Kier molecular flexibility index (Phi) is 4.01. The molecule has 0 aliphatic rings. The second-order valence-corrected chi connectivity index (χ2v) is 5.27. The maximum atomic E-state index is 11.6. The number of carbonyl (C=O) groups is 2. The number of thiophene rings is 1. The van der Waals surface area contributed by atoms with Gasteiger partial charge in [0.15, 0.2) is 10.9 Å². The van der Waals surface area contributed by atoms with Crippen LogP contribution < -0.4 is 5.32 Å². The molecular formula is C12H10N2O2S2. The first-order valence-corrected chi connectivity index (χ1v) is 6.90. The lowest BCUT2D eigenvalue weighted by molar-refractivity contribution is -0.111. The number of nitrogens with one attached hydrogen (secondary N) is 1. The number of hydrogen-bond donors (Lipinski definition) is 1. The molecule has 0 bridgehead atoms. The number of carbonyl (C=O) groups excluding carboxylic acids is 2. The van der Waals surface area contributed by atoms with Gasteiger partial charge in [0.1, 0.15) is 5.69 Å². The Hall–Kier alpha value is -1.79. The molecule has 0 spiro atoms. The molecule has 2 heterocycles. The van der Waals surface area contributed by atoms with Gasteiger partial charge in [-0.25, -0.2) is 4.98 Å².